The van der Waals surface area contributed by atoms with Crippen LogP contribution < -0.4 is 0 Å². The largest absolute Gasteiger partial charge is 0.395 e. The van der Waals surface area contributed by atoms with Crippen LogP contribution in [0.3, 0.4) is 0 Å². The predicted octanol–water partition coefficient (Wildman–Crippen LogP) is 2.19. The highest BCUT2D eigenvalue weighted by Crippen LogP contribution is 2.19. The molecule has 22 heavy (non-hydrogen) atoms. The molecule has 1 N–H and O–H groups in total. The molecule has 0 aromatic carbocycles. The van der Waals surface area contributed by atoms with Crippen LogP contribution in [0.2, 0.25) is 0 Å². The highest BCUT2D eigenvalue weighted by Gasteiger charge is 2.13. The molecular weight excluding hydrogens is 300 g/mol. The standard InChI is InChI=1S/C15H16N4O2S/c20-6-5-19(11-15-17-4-7-22-15)10-13-8-14(18-21-13)12-2-1-3-16-9-12/h1-4,7-9,20H,5-6,10-11H2. The van der Waals surface area contributed by atoms with E-state index in [2.05, 4.69) is 20.0 Å². The van der Waals surface area contributed by atoms with Crippen LogP contribution in [0.1, 0.15) is 10.8 Å². The summed E-state index contributed by atoms with van der Waals surface area (Å²) in [4.78, 5) is 10.4. The molecule has 7 heteroatoms. The van der Waals surface area contributed by atoms with E-state index >= 15 is 0 Å². The van der Waals surface area contributed by atoms with Crippen molar-refractivity contribution >= 4 is 11.3 Å². The van der Waals surface area contributed by atoms with E-state index in [0.29, 0.717) is 19.6 Å². The summed E-state index contributed by atoms with van der Waals surface area (Å²) in [5.74, 6) is 0.754. The van der Waals surface area contributed by atoms with E-state index < -0.39 is 0 Å². The monoisotopic (exact) mass is 316 g/mol. The number of aliphatic hydroxyl groups excluding tert-OH is 1. The minimum absolute atomic E-state index is 0.0922. The smallest absolute Gasteiger partial charge is 0.151 e. The zero-order chi connectivity index (χ0) is 15.2. The van der Waals surface area contributed by atoms with Gasteiger partial charge in [0.05, 0.1) is 19.7 Å². The van der Waals surface area contributed by atoms with Gasteiger partial charge in [0.15, 0.2) is 5.76 Å². The molecular formula is C15H16N4O2S. The van der Waals surface area contributed by atoms with Crippen LogP contribution >= 0.6 is 11.3 Å². The number of pyridine rings is 1. The minimum atomic E-state index is 0.0922. The first kappa shape index (κ1) is 14.8. The molecule has 0 saturated heterocycles. The van der Waals surface area contributed by atoms with E-state index in [9.17, 15) is 5.11 Å². The molecule has 114 valence electrons. The zero-order valence-electron chi connectivity index (χ0n) is 11.9. The summed E-state index contributed by atoms with van der Waals surface area (Å²) >= 11 is 1.60. The molecule has 3 heterocycles. The van der Waals surface area contributed by atoms with Gasteiger partial charge in [-0.25, -0.2) is 4.98 Å². The molecule has 0 amide bonds. The molecule has 0 aliphatic carbocycles. The lowest BCUT2D eigenvalue weighted by molar-refractivity contribution is 0.170. The molecule has 3 aromatic rings. The molecule has 0 atom stereocenters. The Kier molecular flexibility index (Phi) is 4.89. The Labute approximate surface area is 132 Å². The van der Waals surface area contributed by atoms with Gasteiger partial charge in [0.1, 0.15) is 10.7 Å². The number of hydrogen-bond acceptors (Lipinski definition) is 7. The molecule has 0 aliphatic rings. The summed E-state index contributed by atoms with van der Waals surface area (Å²) < 4.78 is 5.40. The van der Waals surface area contributed by atoms with Crippen molar-refractivity contribution in [1.29, 1.82) is 0 Å². The van der Waals surface area contributed by atoms with Gasteiger partial charge in [0.25, 0.3) is 0 Å². The van der Waals surface area contributed by atoms with Crippen LogP contribution in [0.25, 0.3) is 11.3 Å². The first-order chi connectivity index (χ1) is 10.8. The highest BCUT2D eigenvalue weighted by atomic mass is 32.1. The van der Waals surface area contributed by atoms with Gasteiger partial charge in [-0.1, -0.05) is 5.16 Å². The summed E-state index contributed by atoms with van der Waals surface area (Å²) in [5, 5.41) is 16.3. The second kappa shape index (κ2) is 7.26. The van der Waals surface area contributed by atoms with Crippen molar-refractivity contribution in [3.8, 4) is 11.3 Å². The van der Waals surface area contributed by atoms with Crippen molar-refractivity contribution in [3.05, 3.63) is 52.9 Å². The summed E-state index contributed by atoms with van der Waals surface area (Å²) in [7, 11) is 0. The number of aromatic nitrogens is 3. The number of aliphatic hydroxyl groups is 1. The number of hydrogen-bond donors (Lipinski definition) is 1. The molecule has 0 aliphatic heterocycles. The van der Waals surface area contributed by atoms with Gasteiger partial charge in [-0.05, 0) is 12.1 Å². The average Bonchev–Trinajstić information content (AvgIpc) is 3.20. The molecule has 6 nitrogen and oxygen atoms in total. The minimum Gasteiger partial charge on any atom is -0.395 e. The molecule has 0 bridgehead atoms. The fraction of sp³-hybridized carbons (Fsp3) is 0.267. The normalized spacial score (nSPS) is 11.2. The van der Waals surface area contributed by atoms with Crippen molar-refractivity contribution in [1.82, 2.24) is 20.0 Å². The van der Waals surface area contributed by atoms with Crippen LogP contribution in [0.4, 0.5) is 0 Å². The van der Waals surface area contributed by atoms with Gasteiger partial charge in [0, 0.05) is 42.1 Å². The van der Waals surface area contributed by atoms with Crippen LogP contribution in [0, 0.1) is 0 Å². The first-order valence-electron chi connectivity index (χ1n) is 6.93. The van der Waals surface area contributed by atoms with Gasteiger partial charge in [0.2, 0.25) is 0 Å². The van der Waals surface area contributed by atoms with Gasteiger partial charge >= 0.3 is 0 Å². The zero-order valence-corrected chi connectivity index (χ0v) is 12.7. The van der Waals surface area contributed by atoms with Crippen molar-refractivity contribution in [3.63, 3.8) is 0 Å². The van der Waals surface area contributed by atoms with Gasteiger partial charge in [-0.2, -0.15) is 0 Å². The predicted molar refractivity (Wildman–Crippen MR) is 83.0 cm³/mol. The second-order valence-corrected chi connectivity index (χ2v) is 5.76. The summed E-state index contributed by atoms with van der Waals surface area (Å²) in [6.07, 6.45) is 5.26. The van der Waals surface area contributed by atoms with Gasteiger partial charge in [-0.15, -0.1) is 11.3 Å². The third-order valence-electron chi connectivity index (χ3n) is 3.15. The van der Waals surface area contributed by atoms with E-state index in [1.807, 2.05) is 23.6 Å². The lowest BCUT2D eigenvalue weighted by Crippen LogP contribution is -2.25. The van der Waals surface area contributed by atoms with Crippen molar-refractivity contribution in [2.24, 2.45) is 0 Å². The van der Waals surface area contributed by atoms with E-state index in [0.717, 1.165) is 22.0 Å². The highest BCUT2D eigenvalue weighted by molar-refractivity contribution is 7.09. The van der Waals surface area contributed by atoms with Crippen LogP contribution in [-0.4, -0.2) is 38.3 Å². The number of nitrogens with zero attached hydrogens (tertiary/aromatic N) is 4. The summed E-state index contributed by atoms with van der Waals surface area (Å²) in [6, 6.07) is 5.71. The van der Waals surface area contributed by atoms with Crippen molar-refractivity contribution in [2.45, 2.75) is 13.1 Å². The Morgan fingerprint density at radius 3 is 2.95 bits per heavy atom. The Morgan fingerprint density at radius 2 is 2.23 bits per heavy atom. The Bertz CT molecular complexity index is 685. The second-order valence-electron chi connectivity index (χ2n) is 4.78. The van der Waals surface area contributed by atoms with E-state index in [1.54, 1.807) is 29.9 Å². The maximum absolute atomic E-state index is 9.21. The first-order valence-corrected chi connectivity index (χ1v) is 7.80. The Hall–Kier alpha value is -2.09. The molecule has 3 aromatic heterocycles. The van der Waals surface area contributed by atoms with E-state index in [-0.39, 0.29) is 6.61 Å². The van der Waals surface area contributed by atoms with E-state index in [1.165, 1.54) is 0 Å². The van der Waals surface area contributed by atoms with E-state index in [4.69, 9.17) is 4.52 Å². The van der Waals surface area contributed by atoms with Gasteiger partial charge in [-0.3, -0.25) is 9.88 Å². The van der Waals surface area contributed by atoms with Gasteiger partial charge < -0.3 is 9.63 Å². The molecule has 0 spiro atoms. The van der Waals surface area contributed by atoms with Crippen molar-refractivity contribution in [2.75, 3.05) is 13.2 Å². The molecule has 0 unspecified atom stereocenters. The fourth-order valence-corrected chi connectivity index (χ4v) is 2.79. The average molecular weight is 316 g/mol. The number of rotatable bonds is 7. The third-order valence-corrected chi connectivity index (χ3v) is 3.92. The number of thiazole rings is 1. The lowest BCUT2D eigenvalue weighted by Gasteiger charge is -2.17. The SMILES string of the molecule is OCCN(Cc1cc(-c2cccnc2)no1)Cc1nccs1. The topological polar surface area (TPSA) is 75.3 Å². The molecule has 0 fully saturated rings. The fourth-order valence-electron chi connectivity index (χ4n) is 2.14. The van der Waals surface area contributed by atoms with Crippen molar-refractivity contribution < 1.29 is 9.63 Å². The van der Waals surface area contributed by atoms with Crippen LogP contribution in [0.15, 0.2) is 46.7 Å². The van der Waals surface area contributed by atoms with Crippen LogP contribution in [-0.2, 0) is 13.1 Å². The molecule has 0 saturated carbocycles. The molecule has 3 rings (SSSR count). The summed E-state index contributed by atoms with van der Waals surface area (Å²) in [6.45, 7) is 1.91. The lowest BCUT2D eigenvalue weighted by atomic mass is 10.2. The Balaban J connectivity index is 1.69. The van der Waals surface area contributed by atoms with Crippen LogP contribution in [0.5, 0.6) is 0 Å². The maximum atomic E-state index is 9.21. The Morgan fingerprint density at radius 1 is 1.27 bits per heavy atom. The maximum Gasteiger partial charge on any atom is 0.151 e. The quantitative estimate of drug-likeness (QED) is 0.720. The summed E-state index contributed by atoms with van der Waals surface area (Å²) in [5.41, 5.74) is 1.69. The third kappa shape index (κ3) is 3.76. The molecule has 0 radical (unpaired) electrons.